The van der Waals surface area contributed by atoms with E-state index in [4.69, 9.17) is 17.5 Å². The number of rotatable bonds is 5. The maximum Gasteiger partial charge on any atom is 0.133 e. The molecule has 0 aromatic rings. The highest BCUT2D eigenvalue weighted by molar-refractivity contribution is 8.22. The standard InChI is InChI=1S/C8H14N2S2/c1-2-3-6-10-8(11)12-7-4-5-9/h2-4,6-7H2,1H3,(H,10,11). The predicted octanol–water partition coefficient (Wildman–Crippen LogP) is 2.31. The van der Waals surface area contributed by atoms with E-state index < -0.39 is 0 Å². The van der Waals surface area contributed by atoms with Crippen molar-refractivity contribution in [2.75, 3.05) is 12.3 Å². The summed E-state index contributed by atoms with van der Waals surface area (Å²) in [6.07, 6.45) is 2.90. The van der Waals surface area contributed by atoms with Gasteiger partial charge in [0.2, 0.25) is 0 Å². The Kier molecular flexibility index (Phi) is 8.62. The third kappa shape index (κ3) is 7.83. The summed E-state index contributed by atoms with van der Waals surface area (Å²) < 4.78 is 0.818. The van der Waals surface area contributed by atoms with E-state index in [0.717, 1.165) is 23.0 Å². The highest BCUT2D eigenvalue weighted by atomic mass is 32.2. The Morgan fingerprint density at radius 3 is 3.00 bits per heavy atom. The molecule has 0 saturated heterocycles. The predicted molar refractivity (Wildman–Crippen MR) is 58.2 cm³/mol. The van der Waals surface area contributed by atoms with Crippen molar-refractivity contribution in [3.8, 4) is 6.07 Å². The maximum absolute atomic E-state index is 8.27. The molecule has 4 heteroatoms. The average Bonchev–Trinajstić information content (AvgIpc) is 2.06. The summed E-state index contributed by atoms with van der Waals surface area (Å²) in [6, 6.07) is 2.08. The molecule has 0 fully saturated rings. The Morgan fingerprint density at radius 1 is 1.67 bits per heavy atom. The summed E-state index contributed by atoms with van der Waals surface area (Å²) in [5.74, 6) is 0.800. The molecule has 0 heterocycles. The Bertz CT molecular complexity index is 163. The van der Waals surface area contributed by atoms with Gasteiger partial charge in [0.1, 0.15) is 4.32 Å². The summed E-state index contributed by atoms with van der Waals surface area (Å²) in [6.45, 7) is 3.10. The Hall–Kier alpha value is -0.270. The van der Waals surface area contributed by atoms with Crippen LogP contribution in [0.4, 0.5) is 0 Å². The van der Waals surface area contributed by atoms with E-state index in [2.05, 4.69) is 18.3 Å². The van der Waals surface area contributed by atoms with Crippen LogP contribution in [-0.2, 0) is 0 Å². The molecular weight excluding hydrogens is 188 g/mol. The highest BCUT2D eigenvalue weighted by Gasteiger charge is 1.94. The number of nitriles is 1. The van der Waals surface area contributed by atoms with Crippen LogP contribution in [0.2, 0.25) is 0 Å². The van der Waals surface area contributed by atoms with Crippen molar-refractivity contribution in [2.45, 2.75) is 26.2 Å². The first kappa shape index (κ1) is 11.7. The number of hydrogen-bond acceptors (Lipinski definition) is 3. The molecule has 0 rings (SSSR count). The lowest BCUT2D eigenvalue weighted by molar-refractivity contribution is 0.762. The number of nitrogens with one attached hydrogen (secondary N) is 1. The van der Waals surface area contributed by atoms with Gasteiger partial charge < -0.3 is 5.32 Å². The third-order valence-electron chi connectivity index (χ3n) is 1.25. The molecule has 1 N–H and O–H groups in total. The summed E-state index contributed by atoms with van der Waals surface area (Å²) in [5.41, 5.74) is 0. The van der Waals surface area contributed by atoms with Gasteiger partial charge in [-0.3, -0.25) is 0 Å². The third-order valence-corrected chi connectivity index (χ3v) is 2.56. The molecule has 0 aliphatic heterocycles. The molecular formula is C8H14N2S2. The Balaban J connectivity index is 3.17. The second kappa shape index (κ2) is 8.82. The van der Waals surface area contributed by atoms with Crippen LogP contribution in [0.25, 0.3) is 0 Å². The van der Waals surface area contributed by atoms with Crippen molar-refractivity contribution in [1.29, 1.82) is 5.26 Å². The molecule has 0 bridgehead atoms. The molecule has 0 aliphatic carbocycles. The number of nitrogens with zero attached hydrogens (tertiary/aromatic N) is 1. The summed E-state index contributed by atoms with van der Waals surface area (Å²) in [5, 5.41) is 11.4. The Morgan fingerprint density at radius 2 is 2.42 bits per heavy atom. The van der Waals surface area contributed by atoms with Crippen LogP contribution in [0.3, 0.4) is 0 Å². The molecule has 68 valence electrons. The van der Waals surface area contributed by atoms with Crippen molar-refractivity contribution in [3.63, 3.8) is 0 Å². The van der Waals surface area contributed by atoms with E-state index in [0.29, 0.717) is 6.42 Å². The van der Waals surface area contributed by atoms with Crippen LogP contribution in [0.5, 0.6) is 0 Å². The van der Waals surface area contributed by atoms with E-state index in [9.17, 15) is 0 Å². The number of thioether (sulfide) groups is 1. The zero-order chi connectivity index (χ0) is 9.23. The molecule has 0 aliphatic rings. The lowest BCUT2D eigenvalue weighted by atomic mass is 10.3. The minimum atomic E-state index is 0.570. The van der Waals surface area contributed by atoms with E-state index in [1.54, 1.807) is 11.8 Å². The molecule has 0 spiro atoms. The molecule has 0 radical (unpaired) electrons. The van der Waals surface area contributed by atoms with Crippen molar-refractivity contribution >= 4 is 28.3 Å². The highest BCUT2D eigenvalue weighted by Crippen LogP contribution is 2.03. The lowest BCUT2D eigenvalue weighted by Gasteiger charge is -2.04. The molecule has 0 aromatic carbocycles. The van der Waals surface area contributed by atoms with Gasteiger partial charge in [0.05, 0.1) is 6.07 Å². The second-order valence-electron chi connectivity index (χ2n) is 2.32. The van der Waals surface area contributed by atoms with E-state index in [-0.39, 0.29) is 0 Å². The smallest absolute Gasteiger partial charge is 0.133 e. The maximum atomic E-state index is 8.27. The minimum absolute atomic E-state index is 0.570. The summed E-state index contributed by atoms with van der Waals surface area (Å²) >= 11 is 6.57. The number of thiocarbonyl (C=S) groups is 1. The fraction of sp³-hybridized carbons (Fsp3) is 0.750. The van der Waals surface area contributed by atoms with Gasteiger partial charge in [-0.05, 0) is 6.42 Å². The zero-order valence-electron chi connectivity index (χ0n) is 7.30. The van der Waals surface area contributed by atoms with Gasteiger partial charge >= 0.3 is 0 Å². The van der Waals surface area contributed by atoms with E-state index in [1.165, 1.54) is 6.42 Å². The summed E-state index contributed by atoms with van der Waals surface area (Å²) in [7, 11) is 0. The lowest BCUT2D eigenvalue weighted by Crippen LogP contribution is -2.19. The van der Waals surface area contributed by atoms with Gasteiger partial charge in [-0.15, -0.1) is 0 Å². The fourth-order valence-corrected chi connectivity index (χ4v) is 1.54. The van der Waals surface area contributed by atoms with Gasteiger partial charge in [0, 0.05) is 18.7 Å². The van der Waals surface area contributed by atoms with Crippen molar-refractivity contribution in [1.82, 2.24) is 5.32 Å². The molecule has 12 heavy (non-hydrogen) atoms. The van der Waals surface area contributed by atoms with Gasteiger partial charge in [-0.25, -0.2) is 0 Å². The van der Waals surface area contributed by atoms with Crippen molar-refractivity contribution in [3.05, 3.63) is 0 Å². The monoisotopic (exact) mass is 202 g/mol. The van der Waals surface area contributed by atoms with Gasteiger partial charge in [-0.2, -0.15) is 5.26 Å². The van der Waals surface area contributed by atoms with E-state index in [1.807, 2.05) is 0 Å². The van der Waals surface area contributed by atoms with E-state index >= 15 is 0 Å². The first-order valence-electron chi connectivity index (χ1n) is 4.08. The van der Waals surface area contributed by atoms with Crippen molar-refractivity contribution < 1.29 is 0 Å². The normalized spacial score (nSPS) is 9.00. The van der Waals surface area contributed by atoms with Gasteiger partial charge in [0.15, 0.2) is 0 Å². The van der Waals surface area contributed by atoms with Crippen LogP contribution in [-0.4, -0.2) is 16.6 Å². The fourth-order valence-electron chi connectivity index (χ4n) is 0.608. The molecule has 0 atom stereocenters. The van der Waals surface area contributed by atoms with Crippen LogP contribution >= 0.6 is 24.0 Å². The van der Waals surface area contributed by atoms with Crippen LogP contribution in [0.15, 0.2) is 0 Å². The first-order chi connectivity index (χ1) is 5.81. The largest absolute Gasteiger partial charge is 0.371 e. The second-order valence-corrected chi connectivity index (χ2v) is 4.10. The van der Waals surface area contributed by atoms with Gasteiger partial charge in [0.25, 0.3) is 0 Å². The molecule has 0 saturated carbocycles. The first-order valence-corrected chi connectivity index (χ1v) is 5.48. The molecule has 0 unspecified atom stereocenters. The van der Waals surface area contributed by atoms with Crippen LogP contribution < -0.4 is 5.32 Å². The van der Waals surface area contributed by atoms with Crippen molar-refractivity contribution in [2.24, 2.45) is 0 Å². The SMILES string of the molecule is CCCCNC(=S)SCCC#N. The molecule has 0 amide bonds. The zero-order valence-corrected chi connectivity index (χ0v) is 8.93. The van der Waals surface area contributed by atoms with Crippen LogP contribution in [0, 0.1) is 11.3 Å². The average molecular weight is 202 g/mol. The Labute approximate surface area is 83.7 Å². The minimum Gasteiger partial charge on any atom is -0.371 e. The summed E-state index contributed by atoms with van der Waals surface area (Å²) in [4.78, 5) is 0. The van der Waals surface area contributed by atoms with Crippen LogP contribution in [0.1, 0.15) is 26.2 Å². The van der Waals surface area contributed by atoms with Gasteiger partial charge in [-0.1, -0.05) is 37.3 Å². The number of hydrogen-bond donors (Lipinski definition) is 1. The number of unbranched alkanes of at least 4 members (excludes halogenated alkanes) is 1. The quantitative estimate of drug-likeness (QED) is 0.548. The molecule has 2 nitrogen and oxygen atoms in total. The topological polar surface area (TPSA) is 35.8 Å². The molecule has 0 aromatic heterocycles.